The molecule has 29 heavy (non-hydrogen) atoms. The lowest BCUT2D eigenvalue weighted by Gasteiger charge is -2.11. The average Bonchev–Trinajstić information content (AvgIpc) is 3.40. The van der Waals surface area contributed by atoms with Crippen molar-refractivity contribution in [3.05, 3.63) is 83.3 Å². The molecule has 5 nitrogen and oxygen atoms in total. The number of aromatic nitrogens is 3. The lowest BCUT2D eigenvalue weighted by molar-refractivity contribution is 0.416. The van der Waals surface area contributed by atoms with Crippen LogP contribution in [-0.2, 0) is 13.1 Å². The third-order valence-electron chi connectivity index (χ3n) is 4.61. The molecule has 0 aliphatic rings. The second-order valence-corrected chi connectivity index (χ2v) is 7.31. The average molecular weight is 409 g/mol. The molecule has 0 radical (unpaired) electrons. The maximum atomic E-state index is 14.5. The van der Waals surface area contributed by atoms with Crippen LogP contribution in [0.2, 0.25) is 0 Å². The monoisotopic (exact) mass is 408 g/mol. The van der Waals surface area contributed by atoms with E-state index in [0.717, 1.165) is 29.1 Å². The Morgan fingerprint density at radius 3 is 2.72 bits per heavy atom. The summed E-state index contributed by atoms with van der Waals surface area (Å²) in [5.74, 6) is 0.468. The van der Waals surface area contributed by atoms with E-state index in [0.29, 0.717) is 17.9 Å². The molecule has 2 heterocycles. The number of methoxy groups -OCH3 is 1. The number of rotatable bonds is 7. The standard InChI is InChI=1S/C22H21FN4OS/c1-28-21-10-5-4-9-19(21)25-22-27(13-6-12-26-14-11-24-16-26)20(15-29-22)17-7-2-3-8-18(17)23/h2-5,7-11,14-16H,6,12-13H2,1H3. The van der Waals surface area contributed by atoms with Gasteiger partial charge in [0.1, 0.15) is 17.3 Å². The number of benzene rings is 2. The Morgan fingerprint density at radius 1 is 1.10 bits per heavy atom. The van der Waals surface area contributed by atoms with Gasteiger partial charge in [-0.15, -0.1) is 11.3 Å². The van der Waals surface area contributed by atoms with Crippen LogP contribution in [0.3, 0.4) is 0 Å². The van der Waals surface area contributed by atoms with Crippen molar-refractivity contribution >= 4 is 17.0 Å². The predicted octanol–water partition coefficient (Wildman–Crippen LogP) is 4.88. The number of thiazole rings is 1. The first-order valence-corrected chi connectivity index (χ1v) is 10.2. The SMILES string of the molecule is COc1ccccc1N=c1scc(-c2ccccc2F)n1CCCn1ccnc1. The van der Waals surface area contributed by atoms with Gasteiger partial charge in [-0.05, 0) is 30.7 Å². The Morgan fingerprint density at radius 2 is 1.93 bits per heavy atom. The minimum Gasteiger partial charge on any atom is -0.494 e. The number of ether oxygens (including phenoxy) is 1. The van der Waals surface area contributed by atoms with Crippen molar-refractivity contribution in [3.63, 3.8) is 0 Å². The van der Waals surface area contributed by atoms with Gasteiger partial charge in [-0.1, -0.05) is 24.3 Å². The molecule has 0 fully saturated rings. The topological polar surface area (TPSA) is 44.3 Å². The third kappa shape index (κ3) is 4.30. The van der Waals surface area contributed by atoms with Gasteiger partial charge in [0.15, 0.2) is 4.80 Å². The Labute approximate surface area is 172 Å². The summed E-state index contributed by atoms with van der Waals surface area (Å²) in [5.41, 5.74) is 2.15. The molecule has 0 N–H and O–H groups in total. The normalized spacial score (nSPS) is 11.7. The van der Waals surface area contributed by atoms with Crippen molar-refractivity contribution < 1.29 is 9.13 Å². The van der Waals surface area contributed by atoms with Gasteiger partial charge in [-0.2, -0.15) is 0 Å². The second kappa shape index (κ2) is 8.87. The van der Waals surface area contributed by atoms with E-state index >= 15 is 0 Å². The Hall–Kier alpha value is -3.19. The molecule has 0 unspecified atom stereocenters. The van der Waals surface area contributed by atoms with Crippen LogP contribution in [0.5, 0.6) is 5.75 Å². The van der Waals surface area contributed by atoms with Crippen LogP contribution >= 0.6 is 11.3 Å². The zero-order valence-corrected chi connectivity index (χ0v) is 16.8. The number of nitrogens with zero attached hydrogens (tertiary/aromatic N) is 4. The highest BCUT2D eigenvalue weighted by Crippen LogP contribution is 2.27. The highest BCUT2D eigenvalue weighted by atomic mass is 32.1. The number of hydrogen-bond acceptors (Lipinski definition) is 4. The van der Waals surface area contributed by atoms with Gasteiger partial charge in [0.25, 0.3) is 0 Å². The largest absolute Gasteiger partial charge is 0.494 e. The van der Waals surface area contributed by atoms with E-state index in [4.69, 9.17) is 9.73 Å². The fourth-order valence-electron chi connectivity index (χ4n) is 3.18. The molecule has 0 amide bonds. The summed E-state index contributed by atoms with van der Waals surface area (Å²) >= 11 is 1.50. The van der Waals surface area contributed by atoms with Crippen molar-refractivity contribution in [2.45, 2.75) is 19.5 Å². The first kappa shape index (κ1) is 19.1. The van der Waals surface area contributed by atoms with Crippen LogP contribution < -0.4 is 9.54 Å². The highest BCUT2D eigenvalue weighted by Gasteiger charge is 2.12. The van der Waals surface area contributed by atoms with E-state index in [9.17, 15) is 4.39 Å². The van der Waals surface area contributed by atoms with E-state index in [1.54, 1.807) is 31.8 Å². The van der Waals surface area contributed by atoms with Gasteiger partial charge in [0.05, 0.1) is 19.1 Å². The highest BCUT2D eigenvalue weighted by molar-refractivity contribution is 7.07. The molecule has 0 aliphatic carbocycles. The van der Waals surface area contributed by atoms with Gasteiger partial charge in [-0.3, -0.25) is 0 Å². The minimum absolute atomic E-state index is 0.238. The zero-order valence-electron chi connectivity index (χ0n) is 16.0. The van der Waals surface area contributed by atoms with Gasteiger partial charge in [-0.25, -0.2) is 14.4 Å². The second-order valence-electron chi connectivity index (χ2n) is 6.47. The Balaban J connectivity index is 1.74. The molecular weight excluding hydrogens is 387 g/mol. The molecule has 4 rings (SSSR count). The number of imidazole rings is 1. The van der Waals surface area contributed by atoms with Crippen molar-refractivity contribution in [1.29, 1.82) is 0 Å². The van der Waals surface area contributed by atoms with Crippen molar-refractivity contribution in [2.75, 3.05) is 7.11 Å². The summed E-state index contributed by atoms with van der Waals surface area (Å²) in [4.78, 5) is 9.71. The van der Waals surface area contributed by atoms with Crippen molar-refractivity contribution in [2.24, 2.45) is 4.99 Å². The lowest BCUT2D eigenvalue weighted by atomic mass is 10.1. The number of aryl methyl sites for hydroxylation is 1. The molecule has 4 aromatic rings. The van der Waals surface area contributed by atoms with Crippen LogP contribution in [0, 0.1) is 5.82 Å². The molecule has 148 valence electrons. The summed E-state index contributed by atoms with van der Waals surface area (Å²) < 4.78 is 24.0. The smallest absolute Gasteiger partial charge is 0.190 e. The van der Waals surface area contributed by atoms with Crippen LogP contribution in [0.1, 0.15) is 6.42 Å². The molecule has 0 spiro atoms. The summed E-state index contributed by atoms with van der Waals surface area (Å²) in [7, 11) is 1.63. The van der Waals surface area contributed by atoms with E-state index in [1.807, 2.05) is 46.5 Å². The van der Waals surface area contributed by atoms with Gasteiger partial charge in [0, 0.05) is 36.4 Å². The van der Waals surface area contributed by atoms with E-state index in [1.165, 1.54) is 17.4 Å². The van der Waals surface area contributed by atoms with Gasteiger partial charge in [0.2, 0.25) is 0 Å². The van der Waals surface area contributed by atoms with Crippen LogP contribution in [0.15, 0.2) is 77.6 Å². The summed E-state index contributed by atoms with van der Waals surface area (Å²) in [6.07, 6.45) is 6.38. The molecule has 2 aromatic carbocycles. The fourth-order valence-corrected chi connectivity index (χ4v) is 4.11. The molecule has 0 aliphatic heterocycles. The van der Waals surface area contributed by atoms with E-state index in [2.05, 4.69) is 9.55 Å². The van der Waals surface area contributed by atoms with Crippen molar-refractivity contribution in [3.8, 4) is 17.0 Å². The van der Waals surface area contributed by atoms with Crippen LogP contribution in [0.4, 0.5) is 10.1 Å². The molecule has 0 saturated carbocycles. The van der Waals surface area contributed by atoms with E-state index < -0.39 is 0 Å². The minimum atomic E-state index is -0.238. The van der Waals surface area contributed by atoms with Crippen LogP contribution in [-0.4, -0.2) is 21.2 Å². The molecule has 7 heteroatoms. The lowest BCUT2D eigenvalue weighted by Crippen LogP contribution is -2.17. The Bertz CT molecular complexity index is 1150. The quantitative estimate of drug-likeness (QED) is 0.437. The number of halogens is 1. The fraction of sp³-hybridized carbons (Fsp3) is 0.182. The third-order valence-corrected chi connectivity index (χ3v) is 5.47. The first-order chi connectivity index (χ1) is 14.3. The zero-order chi connectivity index (χ0) is 20.1. The Kier molecular flexibility index (Phi) is 5.86. The summed E-state index contributed by atoms with van der Waals surface area (Å²) in [5, 5.41) is 1.96. The maximum Gasteiger partial charge on any atom is 0.190 e. The van der Waals surface area contributed by atoms with E-state index in [-0.39, 0.29) is 5.82 Å². The van der Waals surface area contributed by atoms with Crippen molar-refractivity contribution in [1.82, 2.24) is 14.1 Å². The predicted molar refractivity (Wildman–Crippen MR) is 113 cm³/mol. The number of para-hydroxylation sites is 2. The van der Waals surface area contributed by atoms with Crippen LogP contribution in [0.25, 0.3) is 11.3 Å². The molecule has 0 saturated heterocycles. The molecule has 2 aromatic heterocycles. The maximum absolute atomic E-state index is 14.5. The van der Waals surface area contributed by atoms with Gasteiger partial charge >= 0.3 is 0 Å². The van der Waals surface area contributed by atoms with Gasteiger partial charge < -0.3 is 13.9 Å². The summed E-state index contributed by atoms with van der Waals surface area (Å²) in [6, 6.07) is 14.5. The number of hydrogen-bond donors (Lipinski definition) is 0. The molecular formula is C22H21FN4OS. The summed E-state index contributed by atoms with van der Waals surface area (Å²) in [6.45, 7) is 1.53. The molecule has 0 bridgehead atoms. The molecule has 0 atom stereocenters. The first-order valence-electron chi connectivity index (χ1n) is 9.33.